The van der Waals surface area contributed by atoms with Gasteiger partial charge in [-0.05, 0) is 24.8 Å². The van der Waals surface area contributed by atoms with Crippen molar-refractivity contribution in [3.63, 3.8) is 0 Å². The highest BCUT2D eigenvalue weighted by Crippen LogP contribution is 2.09. The summed E-state index contributed by atoms with van der Waals surface area (Å²) < 4.78 is 0. The van der Waals surface area contributed by atoms with Crippen LogP contribution in [0.4, 0.5) is 0 Å². The largest absolute Gasteiger partial charge is 0.352 e. The van der Waals surface area contributed by atoms with E-state index >= 15 is 0 Å². The summed E-state index contributed by atoms with van der Waals surface area (Å²) in [7, 11) is 0. The minimum atomic E-state index is -0.195. The minimum absolute atomic E-state index is 0.0349. The first-order valence-corrected chi connectivity index (χ1v) is 6.84. The van der Waals surface area contributed by atoms with Gasteiger partial charge in [-0.1, -0.05) is 30.3 Å². The second kappa shape index (κ2) is 6.92. The number of nitrogens with one attached hydrogen (secondary N) is 1. The van der Waals surface area contributed by atoms with Gasteiger partial charge in [-0.3, -0.25) is 9.59 Å². The van der Waals surface area contributed by atoms with E-state index in [4.69, 9.17) is 0 Å². The number of nitrogens with zero attached hydrogens (tertiary/aromatic N) is 1. The van der Waals surface area contributed by atoms with E-state index in [1.807, 2.05) is 30.3 Å². The lowest BCUT2D eigenvalue weighted by atomic mass is 10.1. The molecule has 1 N–H and O–H groups in total. The van der Waals surface area contributed by atoms with Crippen LogP contribution in [-0.4, -0.2) is 29.8 Å². The molecule has 0 aromatic heterocycles. The molecule has 19 heavy (non-hydrogen) atoms. The summed E-state index contributed by atoms with van der Waals surface area (Å²) in [5, 5.41) is 2.78. The first-order valence-electron chi connectivity index (χ1n) is 6.84. The van der Waals surface area contributed by atoms with Crippen molar-refractivity contribution >= 4 is 11.8 Å². The highest BCUT2D eigenvalue weighted by molar-refractivity contribution is 5.96. The van der Waals surface area contributed by atoms with Gasteiger partial charge in [-0.25, -0.2) is 0 Å². The number of hydrogen-bond donors (Lipinski definition) is 1. The van der Waals surface area contributed by atoms with E-state index in [2.05, 4.69) is 5.32 Å². The third-order valence-electron chi connectivity index (χ3n) is 3.35. The summed E-state index contributed by atoms with van der Waals surface area (Å²) in [5.74, 6) is -0.246. The van der Waals surface area contributed by atoms with Crippen LogP contribution in [0.15, 0.2) is 30.3 Å². The van der Waals surface area contributed by atoms with Gasteiger partial charge in [0.2, 0.25) is 11.8 Å². The van der Waals surface area contributed by atoms with Gasteiger partial charge in [-0.15, -0.1) is 0 Å². The average molecular weight is 260 g/mol. The van der Waals surface area contributed by atoms with Gasteiger partial charge >= 0.3 is 0 Å². The molecule has 0 bridgehead atoms. The predicted molar refractivity (Wildman–Crippen MR) is 73.3 cm³/mol. The second-order valence-corrected chi connectivity index (χ2v) is 4.88. The first-order chi connectivity index (χ1) is 9.25. The van der Waals surface area contributed by atoms with Crippen LogP contribution >= 0.6 is 0 Å². The molecule has 0 radical (unpaired) electrons. The molecule has 1 aliphatic heterocycles. The van der Waals surface area contributed by atoms with Crippen molar-refractivity contribution in [1.82, 2.24) is 10.2 Å². The molecule has 0 saturated carbocycles. The standard InChI is InChI=1S/C15H20N2O2/c18-14(16-12-13-7-3-1-4-8-13)11-15(19)17-9-5-2-6-10-17/h1,3-4,7-8H,2,5-6,9-12H2,(H,16,18). The van der Waals surface area contributed by atoms with Crippen molar-refractivity contribution in [3.8, 4) is 0 Å². The predicted octanol–water partition coefficient (Wildman–Crippen LogP) is 1.71. The number of benzene rings is 1. The normalized spacial score (nSPS) is 15.1. The van der Waals surface area contributed by atoms with E-state index in [1.165, 1.54) is 6.42 Å². The van der Waals surface area contributed by atoms with Crippen molar-refractivity contribution < 1.29 is 9.59 Å². The second-order valence-electron chi connectivity index (χ2n) is 4.88. The molecular formula is C15H20N2O2. The Morgan fingerprint density at radius 2 is 1.74 bits per heavy atom. The molecule has 2 amide bonds. The fraction of sp³-hybridized carbons (Fsp3) is 0.467. The van der Waals surface area contributed by atoms with Crippen molar-refractivity contribution in [3.05, 3.63) is 35.9 Å². The maximum atomic E-state index is 11.9. The van der Waals surface area contributed by atoms with Crippen molar-refractivity contribution in [2.75, 3.05) is 13.1 Å². The number of amides is 2. The van der Waals surface area contributed by atoms with Crippen LogP contribution < -0.4 is 5.32 Å². The van der Waals surface area contributed by atoms with E-state index in [9.17, 15) is 9.59 Å². The van der Waals surface area contributed by atoms with E-state index < -0.39 is 0 Å². The Kier molecular flexibility index (Phi) is 4.95. The van der Waals surface area contributed by atoms with Crippen LogP contribution in [0.2, 0.25) is 0 Å². The summed E-state index contributed by atoms with van der Waals surface area (Å²) >= 11 is 0. The molecule has 4 nitrogen and oxygen atoms in total. The smallest absolute Gasteiger partial charge is 0.232 e. The van der Waals surface area contributed by atoms with Gasteiger partial charge in [0.15, 0.2) is 0 Å². The molecule has 0 aliphatic carbocycles. The van der Waals surface area contributed by atoms with Gasteiger partial charge < -0.3 is 10.2 Å². The first kappa shape index (κ1) is 13.6. The third kappa shape index (κ3) is 4.39. The van der Waals surface area contributed by atoms with Crippen molar-refractivity contribution in [1.29, 1.82) is 0 Å². The van der Waals surface area contributed by atoms with E-state index in [0.717, 1.165) is 31.5 Å². The molecular weight excluding hydrogens is 240 g/mol. The molecule has 2 rings (SSSR count). The molecule has 1 fully saturated rings. The number of likely N-dealkylation sites (tertiary alicyclic amines) is 1. The maximum Gasteiger partial charge on any atom is 0.232 e. The molecule has 1 saturated heterocycles. The Hall–Kier alpha value is -1.84. The highest BCUT2D eigenvalue weighted by atomic mass is 16.2. The van der Waals surface area contributed by atoms with Gasteiger partial charge in [0, 0.05) is 19.6 Å². The molecule has 0 atom stereocenters. The Labute approximate surface area is 113 Å². The van der Waals surface area contributed by atoms with Crippen LogP contribution in [0.5, 0.6) is 0 Å². The van der Waals surface area contributed by atoms with Crippen LogP contribution in [0, 0.1) is 0 Å². The minimum Gasteiger partial charge on any atom is -0.352 e. The van der Waals surface area contributed by atoms with Crippen LogP contribution in [0.25, 0.3) is 0 Å². The van der Waals surface area contributed by atoms with E-state index in [-0.39, 0.29) is 18.2 Å². The van der Waals surface area contributed by atoms with Gasteiger partial charge in [-0.2, -0.15) is 0 Å². The Balaban J connectivity index is 1.73. The summed E-state index contributed by atoms with van der Waals surface area (Å²) in [6, 6.07) is 9.70. The quantitative estimate of drug-likeness (QED) is 0.838. The van der Waals surface area contributed by atoms with Gasteiger partial charge in [0.05, 0.1) is 0 Å². The molecule has 1 heterocycles. The fourth-order valence-electron chi connectivity index (χ4n) is 2.25. The van der Waals surface area contributed by atoms with Crippen LogP contribution in [0.3, 0.4) is 0 Å². The monoisotopic (exact) mass is 260 g/mol. The zero-order valence-electron chi connectivity index (χ0n) is 11.1. The molecule has 0 spiro atoms. The number of piperidine rings is 1. The maximum absolute atomic E-state index is 11.9. The Morgan fingerprint density at radius 3 is 2.42 bits per heavy atom. The van der Waals surface area contributed by atoms with Gasteiger partial charge in [0.25, 0.3) is 0 Å². The number of rotatable bonds is 4. The lowest BCUT2D eigenvalue weighted by Crippen LogP contribution is -2.38. The van der Waals surface area contributed by atoms with Crippen molar-refractivity contribution in [2.45, 2.75) is 32.2 Å². The topological polar surface area (TPSA) is 49.4 Å². The van der Waals surface area contributed by atoms with Crippen LogP contribution in [-0.2, 0) is 16.1 Å². The fourth-order valence-corrected chi connectivity index (χ4v) is 2.25. The summed E-state index contributed by atoms with van der Waals surface area (Å²) in [6.07, 6.45) is 3.26. The van der Waals surface area contributed by atoms with E-state index in [1.54, 1.807) is 4.90 Å². The van der Waals surface area contributed by atoms with Gasteiger partial charge in [0.1, 0.15) is 6.42 Å². The summed E-state index contributed by atoms with van der Waals surface area (Å²) in [4.78, 5) is 25.4. The molecule has 1 aromatic carbocycles. The van der Waals surface area contributed by atoms with Crippen LogP contribution in [0.1, 0.15) is 31.2 Å². The molecule has 0 unspecified atom stereocenters. The van der Waals surface area contributed by atoms with E-state index in [0.29, 0.717) is 6.54 Å². The Morgan fingerprint density at radius 1 is 1.05 bits per heavy atom. The lowest BCUT2D eigenvalue weighted by molar-refractivity contribution is -0.136. The number of carbonyl (C=O) groups excluding carboxylic acids is 2. The zero-order chi connectivity index (χ0) is 13.5. The summed E-state index contributed by atoms with van der Waals surface area (Å²) in [6.45, 7) is 2.07. The highest BCUT2D eigenvalue weighted by Gasteiger charge is 2.18. The SMILES string of the molecule is O=C(CC(=O)N1CCCCC1)NCc1ccccc1. The Bertz CT molecular complexity index is 425. The zero-order valence-corrected chi connectivity index (χ0v) is 11.1. The number of hydrogen-bond acceptors (Lipinski definition) is 2. The molecule has 1 aromatic rings. The lowest BCUT2D eigenvalue weighted by Gasteiger charge is -2.26. The molecule has 102 valence electrons. The molecule has 4 heteroatoms. The third-order valence-corrected chi connectivity index (χ3v) is 3.35. The molecule has 1 aliphatic rings. The average Bonchev–Trinajstić information content (AvgIpc) is 2.47. The number of carbonyl (C=O) groups is 2. The van der Waals surface area contributed by atoms with Crippen molar-refractivity contribution in [2.24, 2.45) is 0 Å². The summed E-state index contributed by atoms with van der Waals surface area (Å²) in [5.41, 5.74) is 1.04.